The van der Waals surface area contributed by atoms with Crippen LogP contribution < -0.4 is 22.3 Å². The van der Waals surface area contributed by atoms with Crippen LogP contribution in [0.5, 0.6) is 0 Å². The van der Waals surface area contributed by atoms with E-state index in [1.54, 1.807) is 0 Å². The molecule has 0 aromatic heterocycles. The Labute approximate surface area is 102 Å². The van der Waals surface area contributed by atoms with E-state index in [0.717, 1.165) is 6.21 Å². The highest BCUT2D eigenvalue weighted by Crippen LogP contribution is 1.85. The maximum absolute atomic E-state index is 9.31. The summed E-state index contributed by atoms with van der Waals surface area (Å²) in [6, 6.07) is 0. The molecule has 0 fully saturated rings. The maximum Gasteiger partial charge on any atom is 0.184 e. The van der Waals surface area contributed by atoms with E-state index < -0.39 is 12.7 Å². The van der Waals surface area contributed by atoms with E-state index in [2.05, 4.69) is 45.5 Å². The van der Waals surface area contributed by atoms with E-state index in [9.17, 15) is 5.11 Å². The number of hydrazone groups is 2. The Kier molecular flexibility index (Phi) is 7.20. The molecule has 8 nitrogen and oxygen atoms in total. The molecule has 0 aliphatic carbocycles. The molecule has 1 unspecified atom stereocenters. The highest BCUT2D eigenvalue weighted by atomic mass is 32.1. The van der Waals surface area contributed by atoms with Crippen molar-refractivity contribution in [3.8, 4) is 0 Å². The average Bonchev–Trinajstić information content (AvgIpc) is 2.21. The lowest BCUT2D eigenvalue weighted by molar-refractivity contribution is 0.146. The number of thiocarbonyl (C=S) groups is 2. The largest absolute Gasteiger partial charge is 0.393 e. The summed E-state index contributed by atoms with van der Waals surface area (Å²) in [4.78, 5) is 0. The molecule has 10 heteroatoms. The lowest BCUT2D eigenvalue weighted by Gasteiger charge is -2.06. The normalized spacial score (nSPS) is 13.5. The lowest BCUT2D eigenvalue weighted by atomic mass is 10.2. The molecule has 0 saturated heterocycles. The van der Waals surface area contributed by atoms with E-state index in [1.807, 2.05) is 0 Å². The van der Waals surface area contributed by atoms with Crippen molar-refractivity contribution in [2.45, 2.75) is 6.10 Å². The fraction of sp³-hybridized carbons (Fsp3) is 0.333. The summed E-state index contributed by atoms with van der Waals surface area (Å²) in [5, 5.41) is 25.1. The molecule has 90 valence electrons. The van der Waals surface area contributed by atoms with Crippen LogP contribution in [0.1, 0.15) is 0 Å². The van der Waals surface area contributed by atoms with Crippen LogP contribution in [-0.2, 0) is 0 Å². The second-order valence-corrected chi connectivity index (χ2v) is 3.33. The number of nitrogens with one attached hydrogen (secondary N) is 2. The Hall–Kier alpha value is -1.36. The molecular formula is C6H12N6O2S2. The van der Waals surface area contributed by atoms with Crippen molar-refractivity contribution in [3.63, 3.8) is 0 Å². The third kappa shape index (κ3) is 7.00. The van der Waals surface area contributed by atoms with Crippen molar-refractivity contribution < 1.29 is 10.2 Å². The fourth-order valence-electron chi connectivity index (χ4n) is 0.565. The molecule has 0 aromatic carbocycles. The number of rotatable bonds is 5. The van der Waals surface area contributed by atoms with Crippen molar-refractivity contribution in [2.75, 3.05) is 6.61 Å². The minimum atomic E-state index is -1.22. The Morgan fingerprint density at radius 2 is 1.88 bits per heavy atom. The van der Waals surface area contributed by atoms with Gasteiger partial charge >= 0.3 is 0 Å². The second-order valence-electron chi connectivity index (χ2n) is 2.45. The Morgan fingerprint density at radius 3 is 2.31 bits per heavy atom. The lowest BCUT2D eigenvalue weighted by Crippen LogP contribution is -2.33. The zero-order valence-corrected chi connectivity index (χ0v) is 9.75. The summed E-state index contributed by atoms with van der Waals surface area (Å²) < 4.78 is 0. The van der Waals surface area contributed by atoms with Gasteiger partial charge in [-0.05, 0) is 24.4 Å². The monoisotopic (exact) mass is 264 g/mol. The Balaban J connectivity index is 4.54. The number of hydrogen-bond acceptors (Lipinski definition) is 6. The van der Waals surface area contributed by atoms with Crippen molar-refractivity contribution in [2.24, 2.45) is 21.7 Å². The molecule has 0 bridgehead atoms. The van der Waals surface area contributed by atoms with Gasteiger partial charge in [0.05, 0.1) is 12.8 Å². The highest BCUT2D eigenvalue weighted by molar-refractivity contribution is 7.80. The standard InChI is InChI=1S/C6H12N6O2S2/c7-5(15)11-9-1-3(4(14)2-13)10-12-6(8)16/h1,4,13-14H,2H2,(H3,7,11,15)(H3,8,12,16)/b9-1-,10-3?. The zero-order valence-electron chi connectivity index (χ0n) is 8.12. The summed E-state index contributed by atoms with van der Waals surface area (Å²) in [7, 11) is 0. The molecule has 0 aliphatic heterocycles. The van der Waals surface area contributed by atoms with E-state index >= 15 is 0 Å². The summed E-state index contributed by atoms with van der Waals surface area (Å²) in [6.07, 6.45) is -0.107. The highest BCUT2D eigenvalue weighted by Gasteiger charge is 2.09. The van der Waals surface area contributed by atoms with Crippen LogP contribution in [0.4, 0.5) is 0 Å². The zero-order chi connectivity index (χ0) is 12.6. The predicted octanol–water partition coefficient (Wildman–Crippen LogP) is -2.65. The maximum atomic E-state index is 9.31. The fourth-order valence-corrected chi connectivity index (χ4v) is 0.663. The molecule has 16 heavy (non-hydrogen) atoms. The van der Waals surface area contributed by atoms with Crippen molar-refractivity contribution >= 4 is 46.6 Å². The van der Waals surface area contributed by atoms with Crippen molar-refractivity contribution in [1.82, 2.24) is 10.9 Å². The van der Waals surface area contributed by atoms with Gasteiger partial charge in [0.2, 0.25) is 0 Å². The van der Waals surface area contributed by atoms with Gasteiger partial charge in [0.25, 0.3) is 0 Å². The van der Waals surface area contributed by atoms with Crippen LogP contribution in [0.3, 0.4) is 0 Å². The van der Waals surface area contributed by atoms with Gasteiger partial charge in [-0.1, -0.05) is 0 Å². The smallest absolute Gasteiger partial charge is 0.184 e. The third-order valence-electron chi connectivity index (χ3n) is 1.18. The summed E-state index contributed by atoms with van der Waals surface area (Å²) in [6.45, 7) is -0.531. The van der Waals surface area contributed by atoms with Gasteiger partial charge in [-0.3, -0.25) is 10.9 Å². The summed E-state index contributed by atoms with van der Waals surface area (Å²) in [5.41, 5.74) is 14.7. The van der Waals surface area contributed by atoms with Crippen LogP contribution in [0.15, 0.2) is 10.2 Å². The Morgan fingerprint density at radius 1 is 1.31 bits per heavy atom. The second kappa shape index (κ2) is 7.87. The van der Waals surface area contributed by atoms with Crippen molar-refractivity contribution in [3.05, 3.63) is 0 Å². The van der Waals surface area contributed by atoms with Gasteiger partial charge in [-0.15, -0.1) is 0 Å². The van der Waals surface area contributed by atoms with Crippen molar-refractivity contribution in [1.29, 1.82) is 0 Å². The minimum Gasteiger partial charge on any atom is -0.393 e. The van der Waals surface area contributed by atoms with Gasteiger partial charge in [0, 0.05) is 0 Å². The molecule has 8 N–H and O–H groups in total. The van der Waals surface area contributed by atoms with Gasteiger partial charge in [-0.2, -0.15) is 10.2 Å². The first-order valence-electron chi connectivity index (χ1n) is 3.97. The van der Waals surface area contributed by atoms with E-state index in [4.69, 9.17) is 16.6 Å². The molecule has 0 rings (SSSR count). The van der Waals surface area contributed by atoms with Crippen LogP contribution in [0.2, 0.25) is 0 Å². The number of nitrogens with zero attached hydrogens (tertiary/aromatic N) is 2. The summed E-state index contributed by atoms with van der Waals surface area (Å²) in [5.74, 6) is 0. The topological polar surface area (TPSA) is 141 Å². The van der Waals surface area contributed by atoms with Gasteiger partial charge in [0.15, 0.2) is 10.2 Å². The first kappa shape index (κ1) is 14.6. The molecule has 0 radical (unpaired) electrons. The summed E-state index contributed by atoms with van der Waals surface area (Å²) >= 11 is 9.00. The molecule has 0 amide bonds. The Bertz CT molecular complexity index is 318. The van der Waals surface area contributed by atoms with Crippen LogP contribution in [-0.4, -0.2) is 45.1 Å². The first-order valence-corrected chi connectivity index (χ1v) is 4.79. The molecule has 1 atom stereocenters. The van der Waals surface area contributed by atoms with E-state index in [-0.39, 0.29) is 15.9 Å². The molecule has 0 aromatic rings. The van der Waals surface area contributed by atoms with Gasteiger partial charge in [-0.25, -0.2) is 0 Å². The molecular weight excluding hydrogens is 252 g/mol. The van der Waals surface area contributed by atoms with Crippen LogP contribution >= 0.6 is 24.4 Å². The number of hydrogen-bond donors (Lipinski definition) is 6. The molecule has 0 aliphatic rings. The number of nitrogens with two attached hydrogens (primary N) is 2. The SMILES string of the molecule is NC(=S)NN=C(/C=N\NC(N)=S)C(O)CO. The predicted molar refractivity (Wildman–Crippen MR) is 68.9 cm³/mol. The molecule has 0 saturated carbocycles. The third-order valence-corrected chi connectivity index (χ3v) is 1.36. The first-order chi connectivity index (χ1) is 7.47. The van der Waals surface area contributed by atoms with E-state index in [1.165, 1.54) is 0 Å². The number of aliphatic hydroxyl groups excluding tert-OH is 2. The molecule has 0 heterocycles. The number of aliphatic hydroxyl groups is 2. The average molecular weight is 264 g/mol. The van der Waals surface area contributed by atoms with Crippen LogP contribution in [0, 0.1) is 0 Å². The quantitative estimate of drug-likeness (QED) is 0.180. The van der Waals surface area contributed by atoms with Gasteiger partial charge < -0.3 is 21.7 Å². The van der Waals surface area contributed by atoms with Gasteiger partial charge in [0.1, 0.15) is 11.8 Å². The minimum absolute atomic E-state index is 0.0130. The molecule has 0 spiro atoms. The van der Waals surface area contributed by atoms with Crippen LogP contribution in [0.25, 0.3) is 0 Å². The van der Waals surface area contributed by atoms with E-state index in [0.29, 0.717) is 0 Å².